The number of anilines is 1. The van der Waals surface area contributed by atoms with E-state index in [9.17, 15) is 0 Å². The van der Waals surface area contributed by atoms with Gasteiger partial charge in [-0.05, 0) is 42.3 Å². The third-order valence-corrected chi connectivity index (χ3v) is 4.01. The summed E-state index contributed by atoms with van der Waals surface area (Å²) in [7, 11) is 0. The van der Waals surface area contributed by atoms with E-state index in [1.54, 1.807) is 0 Å². The van der Waals surface area contributed by atoms with Crippen molar-refractivity contribution in [3.05, 3.63) is 54.6 Å². The highest BCUT2D eigenvalue weighted by Gasteiger charge is 2.05. The minimum atomic E-state index is 0.680. The molecule has 0 unspecified atom stereocenters. The monoisotopic (exact) mass is 316 g/mol. The lowest BCUT2D eigenvalue weighted by atomic mass is 10.0. The Bertz CT molecular complexity index is 570. The van der Waals surface area contributed by atoms with Crippen molar-refractivity contribution < 1.29 is 0 Å². The van der Waals surface area contributed by atoms with Crippen molar-refractivity contribution in [1.82, 2.24) is 5.32 Å². The Hall–Kier alpha value is -1.52. The zero-order valence-electron chi connectivity index (χ0n) is 12.1. The molecular formula is C17H20N2S2. The molecule has 2 nitrogen and oxygen atoms in total. The molecule has 2 aromatic carbocycles. The van der Waals surface area contributed by atoms with Crippen molar-refractivity contribution in [3.8, 4) is 11.1 Å². The first kappa shape index (κ1) is 15.9. The van der Waals surface area contributed by atoms with E-state index in [-0.39, 0.29) is 0 Å². The maximum atomic E-state index is 5.37. The van der Waals surface area contributed by atoms with Crippen molar-refractivity contribution in [3.63, 3.8) is 0 Å². The molecule has 0 aliphatic rings. The number of nitrogens with one attached hydrogen (secondary N) is 2. The molecule has 21 heavy (non-hydrogen) atoms. The summed E-state index contributed by atoms with van der Waals surface area (Å²) in [5, 5.41) is 7.23. The molecule has 0 aromatic heterocycles. The normalized spacial score (nSPS) is 10.1. The van der Waals surface area contributed by atoms with Gasteiger partial charge in [-0.2, -0.15) is 11.8 Å². The molecule has 0 fully saturated rings. The molecule has 0 atom stereocenters. The van der Waals surface area contributed by atoms with Crippen LogP contribution in [0.2, 0.25) is 0 Å². The lowest BCUT2D eigenvalue weighted by Gasteiger charge is -2.14. The first-order chi connectivity index (χ1) is 10.3. The summed E-state index contributed by atoms with van der Waals surface area (Å²) in [6.45, 7) is 0.903. The van der Waals surface area contributed by atoms with Crippen LogP contribution < -0.4 is 10.6 Å². The molecule has 0 radical (unpaired) electrons. The number of thiocarbonyl (C=S) groups is 1. The molecule has 0 heterocycles. The van der Waals surface area contributed by atoms with Gasteiger partial charge in [0.25, 0.3) is 0 Å². The zero-order valence-corrected chi connectivity index (χ0v) is 13.8. The van der Waals surface area contributed by atoms with Gasteiger partial charge in [-0.15, -0.1) is 0 Å². The molecule has 0 saturated carbocycles. The molecule has 0 aliphatic carbocycles. The van der Waals surface area contributed by atoms with E-state index in [0.29, 0.717) is 5.11 Å². The van der Waals surface area contributed by atoms with E-state index < -0.39 is 0 Å². The number of hydrogen-bond acceptors (Lipinski definition) is 2. The van der Waals surface area contributed by atoms with Crippen molar-refractivity contribution in [2.24, 2.45) is 0 Å². The minimum absolute atomic E-state index is 0.680. The molecule has 2 rings (SSSR count). The van der Waals surface area contributed by atoms with Crippen LogP contribution >= 0.6 is 24.0 Å². The summed E-state index contributed by atoms with van der Waals surface area (Å²) in [5.74, 6) is 1.15. The first-order valence-electron chi connectivity index (χ1n) is 6.99. The second-order valence-electron chi connectivity index (χ2n) is 4.64. The Balaban J connectivity index is 2.02. The Labute approximate surface area is 136 Å². The topological polar surface area (TPSA) is 24.1 Å². The SMILES string of the molecule is CSCCCNC(=S)Nc1ccccc1-c1ccccc1. The predicted octanol–water partition coefficient (Wildman–Crippen LogP) is 4.39. The van der Waals surface area contributed by atoms with Gasteiger partial charge in [0.1, 0.15) is 0 Å². The fourth-order valence-corrected chi connectivity index (χ4v) is 2.69. The molecule has 4 heteroatoms. The standard InChI is InChI=1S/C17H20N2S2/c1-21-13-7-12-18-17(20)19-16-11-6-5-10-15(16)14-8-3-2-4-9-14/h2-6,8-11H,7,12-13H2,1H3,(H2,18,19,20). The molecule has 110 valence electrons. The first-order valence-corrected chi connectivity index (χ1v) is 8.79. The summed E-state index contributed by atoms with van der Waals surface area (Å²) in [5.41, 5.74) is 3.38. The van der Waals surface area contributed by atoms with E-state index in [0.717, 1.165) is 30.0 Å². The summed E-state index contributed by atoms with van der Waals surface area (Å²) in [6.07, 6.45) is 3.23. The van der Waals surface area contributed by atoms with Gasteiger partial charge in [-0.25, -0.2) is 0 Å². The Morgan fingerprint density at radius 2 is 1.76 bits per heavy atom. The van der Waals surface area contributed by atoms with Gasteiger partial charge in [-0.1, -0.05) is 48.5 Å². The summed E-state index contributed by atoms with van der Waals surface area (Å²) in [6, 6.07) is 18.6. The van der Waals surface area contributed by atoms with E-state index >= 15 is 0 Å². The van der Waals surface area contributed by atoms with Crippen LogP contribution in [0, 0.1) is 0 Å². The van der Waals surface area contributed by atoms with Crippen LogP contribution in [-0.4, -0.2) is 23.7 Å². The summed E-state index contributed by atoms with van der Waals surface area (Å²) in [4.78, 5) is 0. The van der Waals surface area contributed by atoms with Crippen LogP contribution in [0.3, 0.4) is 0 Å². The largest absolute Gasteiger partial charge is 0.362 e. The van der Waals surface area contributed by atoms with Gasteiger partial charge < -0.3 is 10.6 Å². The maximum Gasteiger partial charge on any atom is 0.170 e. The highest BCUT2D eigenvalue weighted by atomic mass is 32.2. The van der Waals surface area contributed by atoms with Crippen LogP contribution in [0.4, 0.5) is 5.69 Å². The van der Waals surface area contributed by atoms with E-state index in [1.165, 1.54) is 5.56 Å². The van der Waals surface area contributed by atoms with Gasteiger partial charge in [-0.3, -0.25) is 0 Å². The van der Waals surface area contributed by atoms with E-state index in [1.807, 2.05) is 42.1 Å². The average Bonchev–Trinajstić information content (AvgIpc) is 2.53. The van der Waals surface area contributed by atoms with Crippen LogP contribution in [0.25, 0.3) is 11.1 Å². The number of hydrogen-bond donors (Lipinski definition) is 2. The summed E-state index contributed by atoms with van der Waals surface area (Å²) >= 11 is 7.22. The van der Waals surface area contributed by atoms with Gasteiger partial charge in [0.05, 0.1) is 0 Å². The zero-order chi connectivity index (χ0) is 14.9. The summed E-state index contributed by atoms with van der Waals surface area (Å²) < 4.78 is 0. The second kappa shape index (κ2) is 8.70. The molecule has 0 saturated heterocycles. The number of para-hydroxylation sites is 1. The van der Waals surface area contributed by atoms with Crippen LogP contribution in [0.5, 0.6) is 0 Å². The number of benzene rings is 2. The van der Waals surface area contributed by atoms with Crippen LogP contribution in [0.15, 0.2) is 54.6 Å². The smallest absolute Gasteiger partial charge is 0.170 e. The Kier molecular flexibility index (Phi) is 6.57. The van der Waals surface area contributed by atoms with Crippen molar-refractivity contribution in [2.45, 2.75) is 6.42 Å². The lowest BCUT2D eigenvalue weighted by molar-refractivity contribution is 0.855. The molecule has 0 amide bonds. The van der Waals surface area contributed by atoms with E-state index in [2.05, 4.69) is 41.2 Å². The second-order valence-corrected chi connectivity index (χ2v) is 6.03. The molecule has 0 bridgehead atoms. The fourth-order valence-electron chi connectivity index (χ4n) is 2.05. The Morgan fingerprint density at radius 3 is 2.52 bits per heavy atom. The lowest BCUT2D eigenvalue weighted by Crippen LogP contribution is -2.29. The molecule has 2 aromatic rings. The van der Waals surface area contributed by atoms with Crippen LogP contribution in [-0.2, 0) is 0 Å². The number of thioether (sulfide) groups is 1. The highest BCUT2D eigenvalue weighted by molar-refractivity contribution is 7.98. The third kappa shape index (κ3) is 5.06. The molecular weight excluding hydrogens is 296 g/mol. The fraction of sp³-hybridized carbons (Fsp3) is 0.235. The molecule has 0 aliphatic heterocycles. The molecule has 0 spiro atoms. The van der Waals surface area contributed by atoms with Crippen molar-refractivity contribution >= 4 is 34.8 Å². The quantitative estimate of drug-likeness (QED) is 0.609. The van der Waals surface area contributed by atoms with E-state index in [4.69, 9.17) is 12.2 Å². The predicted molar refractivity (Wildman–Crippen MR) is 99.1 cm³/mol. The van der Waals surface area contributed by atoms with Gasteiger partial charge >= 0.3 is 0 Å². The van der Waals surface area contributed by atoms with Gasteiger partial charge in [0.15, 0.2) is 5.11 Å². The van der Waals surface area contributed by atoms with Crippen molar-refractivity contribution in [1.29, 1.82) is 0 Å². The third-order valence-electron chi connectivity index (χ3n) is 3.07. The average molecular weight is 316 g/mol. The maximum absolute atomic E-state index is 5.37. The minimum Gasteiger partial charge on any atom is -0.362 e. The van der Waals surface area contributed by atoms with Gasteiger partial charge in [0.2, 0.25) is 0 Å². The molecule has 2 N–H and O–H groups in total. The highest BCUT2D eigenvalue weighted by Crippen LogP contribution is 2.27. The van der Waals surface area contributed by atoms with Crippen LogP contribution in [0.1, 0.15) is 6.42 Å². The van der Waals surface area contributed by atoms with Gasteiger partial charge in [0, 0.05) is 17.8 Å². The Morgan fingerprint density at radius 1 is 1.05 bits per heavy atom. The number of rotatable bonds is 6. The van der Waals surface area contributed by atoms with Crippen molar-refractivity contribution in [2.75, 3.05) is 23.9 Å².